The monoisotopic (exact) mass is 513 g/mol. The van der Waals surface area contributed by atoms with E-state index in [0.717, 1.165) is 5.56 Å². The first-order valence-electron chi connectivity index (χ1n) is 12.5. The second kappa shape index (κ2) is 10.5. The number of rotatable bonds is 7. The highest BCUT2D eigenvalue weighted by molar-refractivity contribution is 5.82. The van der Waals surface area contributed by atoms with Gasteiger partial charge in [-0.1, -0.05) is 12.1 Å². The minimum Gasteiger partial charge on any atom is -0.481 e. The number of aryl methyl sites for hydroxylation is 1. The van der Waals surface area contributed by atoms with Gasteiger partial charge in [0, 0.05) is 24.3 Å². The Labute approximate surface area is 212 Å². The zero-order valence-corrected chi connectivity index (χ0v) is 20.5. The van der Waals surface area contributed by atoms with Crippen LogP contribution in [0.1, 0.15) is 43.2 Å². The van der Waals surface area contributed by atoms with Gasteiger partial charge in [-0.2, -0.15) is 4.98 Å². The number of aliphatic carboxylic acids is 1. The smallest absolute Gasteiger partial charge is 0.306 e. The molecule has 2 N–H and O–H groups in total. The van der Waals surface area contributed by atoms with Gasteiger partial charge in [-0.05, 0) is 62.8 Å². The summed E-state index contributed by atoms with van der Waals surface area (Å²) in [6.45, 7) is 2.76. The minimum atomic E-state index is -0.749. The van der Waals surface area contributed by atoms with Crippen molar-refractivity contribution >= 4 is 34.7 Å². The largest absolute Gasteiger partial charge is 0.481 e. The lowest BCUT2D eigenvalue weighted by Crippen LogP contribution is -2.34. The number of nitrogens with zero attached hydrogens (tertiary/aromatic N) is 2. The second-order valence-corrected chi connectivity index (χ2v) is 9.87. The van der Waals surface area contributed by atoms with Crippen LogP contribution >= 0.6 is 0 Å². The predicted molar refractivity (Wildman–Crippen MR) is 132 cm³/mol. The van der Waals surface area contributed by atoms with E-state index in [-0.39, 0.29) is 53.1 Å². The molecule has 3 aromatic rings. The third-order valence-corrected chi connectivity index (χ3v) is 7.27. The number of amides is 1. The molecular formula is C27H29F2N3O5. The third kappa shape index (κ3) is 5.58. The molecule has 0 spiro atoms. The zero-order valence-electron chi connectivity index (χ0n) is 20.5. The van der Waals surface area contributed by atoms with Crippen LogP contribution in [0.25, 0.3) is 11.1 Å². The van der Waals surface area contributed by atoms with E-state index in [4.69, 9.17) is 14.3 Å². The lowest BCUT2D eigenvalue weighted by Gasteiger charge is -2.28. The number of likely N-dealkylation sites (tertiary alicyclic amines) is 1. The molecule has 37 heavy (non-hydrogen) atoms. The van der Waals surface area contributed by atoms with Crippen LogP contribution in [0, 0.1) is 24.5 Å². The Kier molecular flexibility index (Phi) is 7.10. The molecule has 0 radical (unpaired) electrons. The molecule has 1 amide bonds. The number of hydrogen-bond acceptors (Lipinski definition) is 6. The molecule has 1 saturated carbocycles. The zero-order chi connectivity index (χ0) is 26.1. The number of carbonyl (C=O) groups excluding carboxylic acids is 1. The molecule has 0 unspecified atom stereocenters. The summed E-state index contributed by atoms with van der Waals surface area (Å²) in [4.78, 5) is 30.0. The van der Waals surface area contributed by atoms with Crippen molar-refractivity contribution in [2.75, 3.05) is 18.4 Å². The standard InChI is InChI=1S/C27H29F2N3O5/c1-15-2-6-18(28)13-22(15)31-27-30-21-9-5-17(24(29)25(21)37-27)12-23(33)32-11-10-20(14-32)36-19-7-3-16(4-8-19)26(34)35/h2,5-6,9,13,16,19-20H,3-4,7-8,10-12,14H2,1H3,(H,30,31)(H,34,35)/t16-,19-,20-/m1/s1. The van der Waals surface area contributed by atoms with Gasteiger partial charge in [0.1, 0.15) is 11.3 Å². The summed E-state index contributed by atoms with van der Waals surface area (Å²) in [7, 11) is 0. The van der Waals surface area contributed by atoms with E-state index in [2.05, 4.69) is 10.3 Å². The average Bonchev–Trinajstić information content (AvgIpc) is 3.51. The minimum absolute atomic E-state index is 0.0147. The fraction of sp³-hybridized carbons (Fsp3) is 0.444. The van der Waals surface area contributed by atoms with Crippen molar-refractivity contribution in [3.63, 3.8) is 0 Å². The lowest BCUT2D eigenvalue weighted by molar-refractivity contribution is -0.144. The number of hydrogen-bond donors (Lipinski definition) is 2. The number of anilines is 2. The molecule has 2 aromatic carbocycles. The molecule has 2 fully saturated rings. The van der Waals surface area contributed by atoms with Crippen molar-refractivity contribution in [3.05, 3.63) is 53.1 Å². The molecule has 1 aliphatic carbocycles. The maximum atomic E-state index is 15.2. The molecule has 1 saturated heterocycles. The van der Waals surface area contributed by atoms with E-state index in [1.807, 2.05) is 0 Å². The summed E-state index contributed by atoms with van der Waals surface area (Å²) in [5.74, 6) is -2.32. The molecule has 2 heterocycles. The van der Waals surface area contributed by atoms with Crippen LogP contribution in [0.4, 0.5) is 20.5 Å². The molecule has 10 heteroatoms. The Hall–Kier alpha value is -3.53. The fourth-order valence-corrected chi connectivity index (χ4v) is 5.09. The summed E-state index contributed by atoms with van der Waals surface area (Å²) in [5.41, 5.74) is 1.66. The van der Waals surface area contributed by atoms with Crippen molar-refractivity contribution < 1.29 is 32.6 Å². The van der Waals surface area contributed by atoms with E-state index < -0.39 is 17.6 Å². The van der Waals surface area contributed by atoms with E-state index in [1.165, 1.54) is 18.2 Å². The fourth-order valence-electron chi connectivity index (χ4n) is 5.09. The molecule has 1 atom stereocenters. The molecular weight excluding hydrogens is 484 g/mol. The topological polar surface area (TPSA) is 105 Å². The average molecular weight is 514 g/mol. The van der Waals surface area contributed by atoms with Crippen LogP contribution in [0.15, 0.2) is 34.7 Å². The number of benzene rings is 2. The van der Waals surface area contributed by atoms with E-state index >= 15 is 4.39 Å². The van der Waals surface area contributed by atoms with Crippen LogP contribution in [-0.4, -0.2) is 52.2 Å². The third-order valence-electron chi connectivity index (χ3n) is 7.27. The number of carboxylic acid groups (broad SMARTS) is 1. The van der Waals surface area contributed by atoms with Crippen molar-refractivity contribution in [1.82, 2.24) is 9.88 Å². The Bertz CT molecular complexity index is 1320. The molecule has 0 bridgehead atoms. The Balaban J connectivity index is 1.19. The maximum Gasteiger partial charge on any atom is 0.306 e. The van der Waals surface area contributed by atoms with Crippen molar-refractivity contribution in [2.45, 2.75) is 57.7 Å². The number of halogens is 2. The first-order valence-corrected chi connectivity index (χ1v) is 12.5. The molecule has 1 aromatic heterocycles. The summed E-state index contributed by atoms with van der Waals surface area (Å²) in [6.07, 6.45) is 3.12. The molecule has 5 rings (SSSR count). The number of nitrogens with one attached hydrogen (secondary N) is 1. The van der Waals surface area contributed by atoms with Gasteiger partial charge in [0.05, 0.1) is 24.5 Å². The highest BCUT2D eigenvalue weighted by Crippen LogP contribution is 2.30. The van der Waals surface area contributed by atoms with Crippen LogP contribution in [0.3, 0.4) is 0 Å². The first-order chi connectivity index (χ1) is 17.8. The number of carbonyl (C=O) groups is 2. The normalized spacial score (nSPS) is 21.9. The molecule has 196 valence electrons. The highest BCUT2D eigenvalue weighted by Gasteiger charge is 2.32. The van der Waals surface area contributed by atoms with Crippen LogP contribution < -0.4 is 5.32 Å². The summed E-state index contributed by atoms with van der Waals surface area (Å²) in [6, 6.07) is 7.42. The number of aromatic nitrogens is 1. The van der Waals surface area contributed by atoms with Gasteiger partial charge in [-0.25, -0.2) is 8.78 Å². The Morgan fingerprint density at radius 2 is 1.92 bits per heavy atom. The van der Waals surface area contributed by atoms with Gasteiger partial charge in [-0.3, -0.25) is 9.59 Å². The van der Waals surface area contributed by atoms with Crippen LogP contribution in [0.2, 0.25) is 0 Å². The lowest BCUT2D eigenvalue weighted by atomic mass is 9.87. The molecule has 2 aliphatic rings. The summed E-state index contributed by atoms with van der Waals surface area (Å²) in [5, 5.41) is 12.0. The highest BCUT2D eigenvalue weighted by atomic mass is 19.1. The van der Waals surface area contributed by atoms with Crippen LogP contribution in [0.5, 0.6) is 0 Å². The van der Waals surface area contributed by atoms with E-state index in [0.29, 0.717) is 50.9 Å². The number of fused-ring (bicyclic) bond motifs is 1. The van der Waals surface area contributed by atoms with Gasteiger partial charge in [0.15, 0.2) is 11.4 Å². The van der Waals surface area contributed by atoms with Gasteiger partial charge < -0.3 is 24.5 Å². The molecule has 8 nitrogen and oxygen atoms in total. The predicted octanol–water partition coefficient (Wildman–Crippen LogP) is 4.96. The molecule has 1 aliphatic heterocycles. The quantitative estimate of drug-likeness (QED) is 0.460. The van der Waals surface area contributed by atoms with Gasteiger partial charge in [0.2, 0.25) is 5.91 Å². The van der Waals surface area contributed by atoms with Crippen molar-refractivity contribution in [3.8, 4) is 0 Å². The van der Waals surface area contributed by atoms with Crippen LogP contribution in [-0.2, 0) is 20.7 Å². The van der Waals surface area contributed by atoms with Gasteiger partial charge in [-0.15, -0.1) is 0 Å². The van der Waals surface area contributed by atoms with Crippen molar-refractivity contribution in [1.29, 1.82) is 0 Å². The van der Waals surface area contributed by atoms with Gasteiger partial charge >= 0.3 is 5.97 Å². The van der Waals surface area contributed by atoms with Gasteiger partial charge in [0.25, 0.3) is 6.01 Å². The summed E-state index contributed by atoms with van der Waals surface area (Å²) < 4.78 is 40.5. The SMILES string of the molecule is Cc1ccc(F)cc1Nc1nc2ccc(CC(=O)N3CC[C@@H](O[C@H]4CC[C@H](C(=O)O)CC4)C3)c(F)c2o1. The summed E-state index contributed by atoms with van der Waals surface area (Å²) >= 11 is 0. The maximum absolute atomic E-state index is 15.2. The van der Waals surface area contributed by atoms with Crippen molar-refractivity contribution in [2.24, 2.45) is 5.92 Å². The number of ether oxygens (including phenoxy) is 1. The second-order valence-electron chi connectivity index (χ2n) is 9.87. The first kappa shape index (κ1) is 25.1. The van der Waals surface area contributed by atoms with E-state index in [1.54, 1.807) is 24.0 Å². The Morgan fingerprint density at radius 1 is 1.14 bits per heavy atom. The Morgan fingerprint density at radius 3 is 2.68 bits per heavy atom. The number of carboxylic acids is 1. The van der Waals surface area contributed by atoms with E-state index in [9.17, 15) is 14.0 Å². The number of oxazole rings is 1.